The average Bonchev–Trinajstić information content (AvgIpc) is 2.91. The van der Waals surface area contributed by atoms with Gasteiger partial charge in [-0.3, -0.25) is 4.98 Å². The highest BCUT2D eigenvalue weighted by Gasteiger charge is 2.15. The smallest absolute Gasteiger partial charge is 0.336 e. The Morgan fingerprint density at radius 1 is 1.37 bits per heavy atom. The molecule has 19 heavy (non-hydrogen) atoms. The van der Waals surface area contributed by atoms with E-state index in [0.717, 1.165) is 9.35 Å². The Morgan fingerprint density at radius 3 is 2.89 bits per heavy atom. The van der Waals surface area contributed by atoms with Crippen LogP contribution in [0.1, 0.15) is 10.4 Å². The largest absolute Gasteiger partial charge is 0.478 e. The zero-order chi connectivity index (χ0) is 13.4. The summed E-state index contributed by atoms with van der Waals surface area (Å²) < 4.78 is 0.728. The second-order valence-electron chi connectivity index (χ2n) is 3.86. The van der Waals surface area contributed by atoms with E-state index in [9.17, 15) is 9.90 Å². The first-order valence-electron chi connectivity index (χ1n) is 5.38. The second kappa shape index (κ2) is 4.71. The van der Waals surface area contributed by atoms with E-state index in [4.69, 9.17) is 0 Å². The zero-order valence-electron chi connectivity index (χ0n) is 9.50. The van der Waals surface area contributed by atoms with E-state index < -0.39 is 5.97 Å². The molecule has 0 radical (unpaired) electrons. The van der Waals surface area contributed by atoms with Gasteiger partial charge in [-0.1, -0.05) is 22.0 Å². The van der Waals surface area contributed by atoms with E-state index in [1.165, 1.54) is 11.3 Å². The lowest BCUT2D eigenvalue weighted by Gasteiger charge is -2.07. The van der Waals surface area contributed by atoms with Crippen LogP contribution in [0.4, 0.5) is 0 Å². The number of aromatic carboxylic acids is 1. The van der Waals surface area contributed by atoms with Crippen molar-refractivity contribution in [2.24, 2.45) is 0 Å². The Morgan fingerprint density at radius 2 is 2.21 bits per heavy atom. The van der Waals surface area contributed by atoms with Gasteiger partial charge in [0.2, 0.25) is 0 Å². The van der Waals surface area contributed by atoms with E-state index in [0.29, 0.717) is 16.6 Å². The van der Waals surface area contributed by atoms with Gasteiger partial charge >= 0.3 is 5.97 Å². The monoisotopic (exact) mass is 334 g/mol. The highest BCUT2D eigenvalue weighted by Crippen LogP contribution is 2.31. The fourth-order valence-corrected chi connectivity index (χ4v) is 3.03. The number of carbonyl (C=O) groups is 1. The number of aromatic nitrogens is 2. The molecule has 0 fully saturated rings. The minimum atomic E-state index is -0.968. The lowest BCUT2D eigenvalue weighted by molar-refractivity contribution is 0.0699. The lowest BCUT2D eigenvalue weighted by Crippen LogP contribution is -2.00. The number of carboxylic acid groups (broad SMARTS) is 1. The first-order valence-corrected chi connectivity index (χ1v) is 7.05. The van der Waals surface area contributed by atoms with Gasteiger partial charge in [-0.15, -0.1) is 11.3 Å². The summed E-state index contributed by atoms with van der Waals surface area (Å²) >= 11 is 4.81. The maximum Gasteiger partial charge on any atom is 0.336 e. The minimum Gasteiger partial charge on any atom is -0.478 e. The van der Waals surface area contributed by atoms with Gasteiger partial charge in [-0.25, -0.2) is 9.78 Å². The molecule has 0 aliphatic rings. The molecule has 0 bridgehead atoms. The number of thiazole rings is 1. The fraction of sp³-hybridized carbons (Fsp3) is 0. The van der Waals surface area contributed by atoms with Gasteiger partial charge in [0.15, 0.2) is 0 Å². The molecule has 0 unspecified atom stereocenters. The van der Waals surface area contributed by atoms with Crippen molar-refractivity contribution in [1.82, 2.24) is 9.97 Å². The Labute approximate surface area is 120 Å². The molecular formula is C13H7BrN2O2S. The van der Waals surface area contributed by atoms with E-state index in [2.05, 4.69) is 25.9 Å². The van der Waals surface area contributed by atoms with E-state index in [-0.39, 0.29) is 5.56 Å². The maximum atomic E-state index is 11.4. The molecule has 0 spiro atoms. The van der Waals surface area contributed by atoms with Crippen LogP contribution in [-0.4, -0.2) is 21.0 Å². The summed E-state index contributed by atoms with van der Waals surface area (Å²) in [5.74, 6) is -0.968. The van der Waals surface area contributed by atoms with Crippen LogP contribution in [0.25, 0.3) is 21.5 Å². The minimum absolute atomic E-state index is 0.237. The van der Waals surface area contributed by atoms with Crippen LogP contribution in [0.3, 0.4) is 0 Å². The van der Waals surface area contributed by atoms with Crippen LogP contribution in [0.2, 0.25) is 0 Å². The van der Waals surface area contributed by atoms with Crippen molar-refractivity contribution in [3.8, 4) is 10.6 Å². The first kappa shape index (κ1) is 12.3. The van der Waals surface area contributed by atoms with Gasteiger partial charge in [-0.2, -0.15) is 0 Å². The van der Waals surface area contributed by atoms with Crippen LogP contribution in [0.5, 0.6) is 0 Å². The first-order chi connectivity index (χ1) is 9.16. The molecule has 0 aliphatic heterocycles. The zero-order valence-corrected chi connectivity index (χ0v) is 11.9. The van der Waals surface area contributed by atoms with Gasteiger partial charge in [0.25, 0.3) is 0 Å². The van der Waals surface area contributed by atoms with Gasteiger partial charge in [-0.05, 0) is 18.2 Å². The molecule has 1 N–H and O–H groups in total. The molecule has 0 amide bonds. The predicted molar refractivity (Wildman–Crippen MR) is 77.5 cm³/mol. The van der Waals surface area contributed by atoms with Crippen LogP contribution in [0, 0.1) is 0 Å². The Hall–Kier alpha value is -1.79. The van der Waals surface area contributed by atoms with Crippen molar-refractivity contribution < 1.29 is 9.90 Å². The lowest BCUT2D eigenvalue weighted by atomic mass is 10.1. The topological polar surface area (TPSA) is 63.1 Å². The van der Waals surface area contributed by atoms with Crippen LogP contribution < -0.4 is 0 Å². The number of benzene rings is 1. The Balaban J connectivity index is 2.38. The number of halogens is 1. The Kier molecular flexibility index (Phi) is 3.04. The predicted octanol–water partition coefficient (Wildman–Crippen LogP) is 3.82. The second-order valence-corrected chi connectivity index (χ2v) is 5.60. The molecular weight excluding hydrogens is 328 g/mol. The molecule has 1 aromatic carbocycles. The van der Waals surface area contributed by atoms with Crippen molar-refractivity contribution in [2.75, 3.05) is 0 Å². The summed E-state index contributed by atoms with van der Waals surface area (Å²) in [5, 5.41) is 9.98. The summed E-state index contributed by atoms with van der Waals surface area (Å²) in [6, 6.07) is 7.03. The quantitative estimate of drug-likeness (QED) is 0.773. The molecule has 2 heterocycles. The standard InChI is InChI=1S/C13H7BrN2O2S/c14-8-2-1-3-9-12(8)7(13(17)18)4-10(16-9)11-5-15-6-19-11/h1-6H,(H,17,18). The van der Waals surface area contributed by atoms with Crippen molar-refractivity contribution in [1.29, 1.82) is 0 Å². The molecule has 0 aliphatic carbocycles. The number of nitrogens with zero attached hydrogens (tertiary/aromatic N) is 2. The molecule has 0 saturated carbocycles. The molecule has 2 aromatic heterocycles. The molecule has 4 nitrogen and oxygen atoms in total. The van der Waals surface area contributed by atoms with Gasteiger partial charge in [0.1, 0.15) is 0 Å². The van der Waals surface area contributed by atoms with Crippen molar-refractivity contribution >= 4 is 44.1 Å². The van der Waals surface area contributed by atoms with Crippen molar-refractivity contribution in [3.63, 3.8) is 0 Å². The Bertz CT molecular complexity index is 772. The van der Waals surface area contributed by atoms with Crippen LogP contribution >= 0.6 is 27.3 Å². The van der Waals surface area contributed by atoms with Crippen molar-refractivity contribution in [3.05, 3.63) is 46.0 Å². The third kappa shape index (κ3) is 2.13. The summed E-state index contributed by atoms with van der Waals surface area (Å²) in [6.07, 6.45) is 1.68. The summed E-state index contributed by atoms with van der Waals surface area (Å²) in [6.45, 7) is 0. The van der Waals surface area contributed by atoms with Gasteiger partial charge in [0.05, 0.1) is 27.2 Å². The summed E-state index contributed by atoms with van der Waals surface area (Å²) in [4.78, 5) is 20.8. The normalized spacial score (nSPS) is 10.8. The SMILES string of the molecule is O=C(O)c1cc(-c2cncs2)nc2cccc(Br)c12. The molecule has 3 rings (SSSR count). The van der Waals surface area contributed by atoms with Gasteiger partial charge < -0.3 is 5.11 Å². The number of carboxylic acids is 1. The summed E-state index contributed by atoms with van der Waals surface area (Å²) in [7, 11) is 0. The average molecular weight is 335 g/mol. The summed E-state index contributed by atoms with van der Waals surface area (Å²) in [5.41, 5.74) is 3.21. The maximum absolute atomic E-state index is 11.4. The van der Waals surface area contributed by atoms with E-state index in [1.54, 1.807) is 23.8 Å². The van der Waals surface area contributed by atoms with Crippen LogP contribution in [0.15, 0.2) is 40.4 Å². The molecule has 6 heteroatoms. The number of rotatable bonds is 2. The highest BCUT2D eigenvalue weighted by atomic mass is 79.9. The third-order valence-corrected chi connectivity index (χ3v) is 4.15. The molecule has 94 valence electrons. The molecule has 0 saturated heterocycles. The molecule has 0 atom stereocenters. The van der Waals surface area contributed by atoms with Crippen LogP contribution in [-0.2, 0) is 0 Å². The molecule has 3 aromatic rings. The fourth-order valence-electron chi connectivity index (χ4n) is 1.88. The van der Waals surface area contributed by atoms with E-state index >= 15 is 0 Å². The number of pyridine rings is 1. The third-order valence-electron chi connectivity index (χ3n) is 2.70. The van der Waals surface area contributed by atoms with E-state index in [1.807, 2.05) is 12.1 Å². The van der Waals surface area contributed by atoms with Gasteiger partial charge in [0, 0.05) is 16.1 Å². The number of hydrogen-bond acceptors (Lipinski definition) is 4. The van der Waals surface area contributed by atoms with Crippen molar-refractivity contribution in [2.45, 2.75) is 0 Å². The number of fused-ring (bicyclic) bond motifs is 1. The number of hydrogen-bond donors (Lipinski definition) is 1. The highest BCUT2D eigenvalue weighted by molar-refractivity contribution is 9.10.